The predicted molar refractivity (Wildman–Crippen MR) is 102 cm³/mol. The Hall–Kier alpha value is -1.97. The molecule has 0 aliphatic heterocycles. The third kappa shape index (κ3) is 2.92. The molecule has 4 nitrogen and oxygen atoms in total. The predicted octanol–water partition coefficient (Wildman–Crippen LogP) is 4.35. The Morgan fingerprint density at radius 1 is 1.28 bits per heavy atom. The molecule has 1 aromatic carbocycles. The molecule has 4 heteroatoms. The molecule has 0 saturated carbocycles. The van der Waals surface area contributed by atoms with E-state index in [0.717, 1.165) is 56.5 Å². The topological polar surface area (TPSA) is 34.5 Å². The standard InChI is InChI=1S/C21H30N2O2/c1-5-14-23-16-11-8-10-15(21(24)22(6-2)7-3)19(16)20-17(23)12-9-13-18(20)25-4/h9,12-13,15H,5-8,10-11,14H2,1-4H3/t15-/m0/s1. The third-order valence-corrected chi connectivity index (χ3v) is 5.50. The van der Waals surface area contributed by atoms with E-state index >= 15 is 0 Å². The van der Waals surface area contributed by atoms with Gasteiger partial charge in [-0.25, -0.2) is 0 Å². The Labute approximate surface area is 150 Å². The highest BCUT2D eigenvalue weighted by atomic mass is 16.5. The Bertz CT molecular complexity index is 759. The van der Waals surface area contributed by atoms with Gasteiger partial charge in [0.15, 0.2) is 0 Å². The van der Waals surface area contributed by atoms with Crippen LogP contribution in [0.4, 0.5) is 0 Å². The number of rotatable bonds is 6. The van der Waals surface area contributed by atoms with E-state index in [1.165, 1.54) is 16.8 Å². The zero-order valence-electron chi connectivity index (χ0n) is 16.0. The first-order chi connectivity index (χ1) is 12.2. The van der Waals surface area contributed by atoms with Gasteiger partial charge in [0.1, 0.15) is 5.75 Å². The Morgan fingerprint density at radius 2 is 2.04 bits per heavy atom. The molecule has 25 heavy (non-hydrogen) atoms. The van der Waals surface area contributed by atoms with Crippen LogP contribution in [0.2, 0.25) is 0 Å². The molecule has 0 saturated heterocycles. The maximum absolute atomic E-state index is 13.2. The lowest BCUT2D eigenvalue weighted by molar-refractivity contribution is -0.132. The number of benzene rings is 1. The number of hydrogen-bond acceptors (Lipinski definition) is 2. The zero-order chi connectivity index (χ0) is 18.0. The minimum Gasteiger partial charge on any atom is -0.496 e. The summed E-state index contributed by atoms with van der Waals surface area (Å²) < 4.78 is 8.11. The number of hydrogen-bond donors (Lipinski definition) is 0. The average Bonchev–Trinajstić information content (AvgIpc) is 2.97. The van der Waals surface area contributed by atoms with Crippen LogP contribution in [0.5, 0.6) is 5.75 Å². The zero-order valence-corrected chi connectivity index (χ0v) is 16.0. The second-order valence-corrected chi connectivity index (χ2v) is 6.82. The number of fused-ring (bicyclic) bond motifs is 3. The molecule has 1 aliphatic rings. The minimum absolute atomic E-state index is 0.0412. The highest BCUT2D eigenvalue weighted by Gasteiger charge is 2.34. The van der Waals surface area contributed by atoms with Crippen LogP contribution in [0.25, 0.3) is 10.9 Å². The highest BCUT2D eigenvalue weighted by molar-refractivity contribution is 5.97. The molecule has 2 aromatic rings. The quantitative estimate of drug-likeness (QED) is 0.782. The molecule has 1 aliphatic carbocycles. The fourth-order valence-corrected chi connectivity index (χ4v) is 4.36. The van der Waals surface area contributed by atoms with Gasteiger partial charge >= 0.3 is 0 Å². The van der Waals surface area contributed by atoms with Crippen LogP contribution < -0.4 is 4.74 Å². The summed E-state index contributed by atoms with van der Waals surface area (Å²) in [6, 6.07) is 6.25. The number of likely N-dealkylation sites (N-methyl/N-ethyl adjacent to an activating group) is 1. The Morgan fingerprint density at radius 3 is 2.68 bits per heavy atom. The first-order valence-corrected chi connectivity index (χ1v) is 9.64. The lowest BCUT2D eigenvalue weighted by atomic mass is 9.84. The second kappa shape index (κ2) is 7.51. The Kier molecular flexibility index (Phi) is 5.36. The monoisotopic (exact) mass is 342 g/mol. The van der Waals surface area contributed by atoms with Crippen LogP contribution >= 0.6 is 0 Å². The molecular weight excluding hydrogens is 312 g/mol. The summed E-state index contributed by atoms with van der Waals surface area (Å²) in [5.41, 5.74) is 3.78. The number of amides is 1. The number of aromatic nitrogens is 1. The van der Waals surface area contributed by atoms with E-state index in [2.05, 4.69) is 37.5 Å². The molecule has 0 N–H and O–H groups in total. The van der Waals surface area contributed by atoms with Crippen LogP contribution in [-0.2, 0) is 17.8 Å². The van der Waals surface area contributed by atoms with Crippen LogP contribution in [-0.4, -0.2) is 35.6 Å². The van der Waals surface area contributed by atoms with Gasteiger partial charge in [-0.2, -0.15) is 0 Å². The van der Waals surface area contributed by atoms with E-state index in [-0.39, 0.29) is 11.8 Å². The van der Waals surface area contributed by atoms with Crippen molar-refractivity contribution < 1.29 is 9.53 Å². The average molecular weight is 342 g/mol. The molecule has 0 spiro atoms. The van der Waals surface area contributed by atoms with Crippen molar-refractivity contribution >= 4 is 16.8 Å². The maximum Gasteiger partial charge on any atom is 0.230 e. The number of methoxy groups -OCH3 is 1. The third-order valence-electron chi connectivity index (χ3n) is 5.50. The SMILES string of the molecule is CCCn1c2c(c3c(OC)cccc31)[C@@H](C(=O)N(CC)CC)CCC2. The molecule has 0 unspecified atom stereocenters. The summed E-state index contributed by atoms with van der Waals surface area (Å²) in [6.45, 7) is 8.86. The van der Waals surface area contributed by atoms with Crippen LogP contribution in [0.15, 0.2) is 18.2 Å². The molecule has 0 bridgehead atoms. The van der Waals surface area contributed by atoms with Crippen molar-refractivity contribution in [2.24, 2.45) is 0 Å². The van der Waals surface area contributed by atoms with E-state index in [4.69, 9.17) is 4.74 Å². The van der Waals surface area contributed by atoms with Gasteiger partial charge in [-0.05, 0) is 57.2 Å². The smallest absolute Gasteiger partial charge is 0.230 e. The molecular formula is C21H30N2O2. The molecule has 1 heterocycles. The summed E-state index contributed by atoms with van der Waals surface area (Å²) in [6.07, 6.45) is 4.15. The maximum atomic E-state index is 13.2. The van der Waals surface area contributed by atoms with Crippen molar-refractivity contribution in [3.8, 4) is 5.75 Å². The first-order valence-electron chi connectivity index (χ1n) is 9.64. The van der Waals surface area contributed by atoms with Gasteiger partial charge in [-0.3, -0.25) is 4.79 Å². The molecule has 1 aromatic heterocycles. The number of carbonyl (C=O) groups excluding carboxylic acids is 1. The van der Waals surface area contributed by atoms with Gasteiger partial charge in [-0.15, -0.1) is 0 Å². The van der Waals surface area contributed by atoms with E-state index in [9.17, 15) is 4.79 Å². The van der Waals surface area contributed by atoms with E-state index in [1.807, 2.05) is 11.0 Å². The van der Waals surface area contributed by atoms with Gasteiger partial charge in [0.2, 0.25) is 5.91 Å². The van der Waals surface area contributed by atoms with Crippen LogP contribution in [0.3, 0.4) is 0 Å². The number of nitrogens with zero attached hydrogens (tertiary/aromatic N) is 2. The van der Waals surface area contributed by atoms with Gasteiger partial charge in [0.05, 0.1) is 18.5 Å². The molecule has 136 valence electrons. The van der Waals surface area contributed by atoms with Gasteiger partial charge in [0.25, 0.3) is 0 Å². The fourth-order valence-electron chi connectivity index (χ4n) is 4.36. The van der Waals surface area contributed by atoms with Gasteiger partial charge in [-0.1, -0.05) is 13.0 Å². The number of ether oxygens (including phenoxy) is 1. The van der Waals surface area contributed by atoms with Gasteiger partial charge < -0.3 is 14.2 Å². The van der Waals surface area contributed by atoms with Crippen molar-refractivity contribution in [3.05, 3.63) is 29.5 Å². The molecule has 0 fully saturated rings. The lowest BCUT2D eigenvalue weighted by Crippen LogP contribution is -2.36. The minimum atomic E-state index is -0.0412. The molecule has 1 atom stereocenters. The van der Waals surface area contributed by atoms with E-state index < -0.39 is 0 Å². The molecule has 0 radical (unpaired) electrons. The first kappa shape index (κ1) is 17.8. The second-order valence-electron chi connectivity index (χ2n) is 6.82. The van der Waals surface area contributed by atoms with Crippen molar-refractivity contribution in [1.29, 1.82) is 0 Å². The van der Waals surface area contributed by atoms with Crippen molar-refractivity contribution in [2.45, 2.75) is 58.9 Å². The summed E-state index contributed by atoms with van der Waals surface area (Å²) in [5, 5.41) is 1.15. The van der Waals surface area contributed by atoms with Crippen molar-refractivity contribution in [1.82, 2.24) is 9.47 Å². The molecule has 1 amide bonds. The van der Waals surface area contributed by atoms with E-state index in [1.54, 1.807) is 7.11 Å². The summed E-state index contributed by atoms with van der Waals surface area (Å²) >= 11 is 0. The fraction of sp³-hybridized carbons (Fsp3) is 0.571. The lowest BCUT2D eigenvalue weighted by Gasteiger charge is -2.29. The largest absolute Gasteiger partial charge is 0.496 e. The van der Waals surface area contributed by atoms with Crippen molar-refractivity contribution in [3.63, 3.8) is 0 Å². The summed E-state index contributed by atoms with van der Waals surface area (Å²) in [7, 11) is 1.72. The van der Waals surface area contributed by atoms with Gasteiger partial charge in [0, 0.05) is 30.7 Å². The Balaban J connectivity index is 2.23. The van der Waals surface area contributed by atoms with Crippen LogP contribution in [0.1, 0.15) is 57.2 Å². The summed E-state index contributed by atoms with van der Waals surface area (Å²) in [4.78, 5) is 15.2. The molecule has 3 rings (SSSR count). The number of aryl methyl sites for hydroxylation is 1. The van der Waals surface area contributed by atoms with Crippen molar-refractivity contribution in [2.75, 3.05) is 20.2 Å². The highest BCUT2D eigenvalue weighted by Crippen LogP contribution is 2.43. The van der Waals surface area contributed by atoms with Crippen LogP contribution in [0, 0.1) is 0 Å². The summed E-state index contributed by atoms with van der Waals surface area (Å²) in [5.74, 6) is 1.12. The van der Waals surface area contributed by atoms with E-state index in [0.29, 0.717) is 0 Å². The number of carbonyl (C=O) groups is 1. The normalized spacial score (nSPS) is 16.7.